The van der Waals surface area contributed by atoms with E-state index in [0.29, 0.717) is 35.7 Å². The number of rotatable bonds is 8. The SMILES string of the molecule is CCC(CN(C)S(=O)(=O)C1CC1)N1C(=O)C(C)CC(c2cccc(Cl)c2)[C@H]1c1ccc(Cl)cc1. The molecule has 34 heavy (non-hydrogen) atoms. The van der Waals surface area contributed by atoms with Gasteiger partial charge in [-0.25, -0.2) is 12.7 Å². The Hall–Kier alpha value is -1.60. The number of likely N-dealkylation sites (N-methyl/N-ethyl adjacent to an activating group) is 1. The number of sulfonamides is 1. The summed E-state index contributed by atoms with van der Waals surface area (Å²) in [5.74, 6) is -0.110. The molecular formula is C26H32Cl2N2O3S. The molecule has 1 heterocycles. The van der Waals surface area contributed by atoms with Gasteiger partial charge < -0.3 is 4.90 Å². The van der Waals surface area contributed by atoms with Crippen LogP contribution < -0.4 is 0 Å². The van der Waals surface area contributed by atoms with Crippen molar-refractivity contribution in [2.45, 2.75) is 62.8 Å². The van der Waals surface area contributed by atoms with Gasteiger partial charge in [0, 0.05) is 41.5 Å². The first-order valence-electron chi connectivity index (χ1n) is 11.9. The lowest BCUT2D eigenvalue weighted by atomic mass is 9.75. The minimum atomic E-state index is -3.34. The standard InChI is InChI=1S/C26H32Cl2N2O3S/c1-4-22(16-29(3)34(32,33)23-12-13-23)30-25(18-8-10-20(27)11-9-18)24(14-17(2)26(30)31)19-6-5-7-21(28)15-19/h5-11,15,17,22-25H,4,12-14,16H2,1-3H3/t17?,22?,24?,25-/m1/s1. The zero-order valence-corrected chi connectivity index (χ0v) is 22.2. The van der Waals surface area contributed by atoms with Gasteiger partial charge in [-0.2, -0.15) is 0 Å². The third-order valence-electron chi connectivity index (χ3n) is 7.17. The molecule has 2 aliphatic rings. The molecular weight excluding hydrogens is 491 g/mol. The van der Waals surface area contributed by atoms with Gasteiger partial charge in [0.05, 0.1) is 11.3 Å². The van der Waals surface area contributed by atoms with Crippen LogP contribution in [0.4, 0.5) is 0 Å². The molecule has 2 fully saturated rings. The predicted octanol–water partition coefficient (Wildman–Crippen LogP) is 5.89. The second-order valence-corrected chi connectivity index (χ2v) is 12.8. The minimum Gasteiger partial charge on any atom is -0.331 e. The number of halogens is 2. The van der Waals surface area contributed by atoms with Crippen LogP contribution in [0.15, 0.2) is 48.5 Å². The molecule has 3 unspecified atom stereocenters. The van der Waals surface area contributed by atoms with Crippen LogP contribution in [0.2, 0.25) is 10.0 Å². The maximum Gasteiger partial charge on any atom is 0.226 e. The number of likely N-dealkylation sites (tertiary alicyclic amines) is 1. The van der Waals surface area contributed by atoms with Crippen LogP contribution in [0, 0.1) is 5.92 Å². The fourth-order valence-electron chi connectivity index (χ4n) is 5.15. The first-order chi connectivity index (χ1) is 16.1. The lowest BCUT2D eigenvalue weighted by Crippen LogP contribution is -2.54. The van der Waals surface area contributed by atoms with Gasteiger partial charge >= 0.3 is 0 Å². The molecule has 2 aromatic carbocycles. The highest BCUT2D eigenvalue weighted by molar-refractivity contribution is 7.90. The number of amides is 1. The van der Waals surface area contributed by atoms with Gasteiger partial charge in [0.15, 0.2) is 0 Å². The molecule has 184 valence electrons. The molecule has 1 aliphatic heterocycles. The van der Waals surface area contributed by atoms with Crippen LogP contribution in [0.1, 0.15) is 62.6 Å². The Morgan fingerprint density at radius 2 is 1.74 bits per heavy atom. The van der Waals surface area contributed by atoms with Crippen molar-refractivity contribution in [1.29, 1.82) is 0 Å². The summed E-state index contributed by atoms with van der Waals surface area (Å²) in [6, 6.07) is 15.0. The first kappa shape index (κ1) is 25.5. The molecule has 0 bridgehead atoms. The Morgan fingerprint density at radius 1 is 1.06 bits per heavy atom. The second-order valence-electron chi connectivity index (χ2n) is 9.63. The number of benzene rings is 2. The van der Waals surface area contributed by atoms with Gasteiger partial charge in [0.25, 0.3) is 0 Å². The van der Waals surface area contributed by atoms with Crippen molar-refractivity contribution in [2.24, 2.45) is 5.92 Å². The van der Waals surface area contributed by atoms with Crippen LogP contribution in [-0.4, -0.2) is 48.4 Å². The molecule has 0 N–H and O–H groups in total. The van der Waals surface area contributed by atoms with Crippen molar-refractivity contribution in [3.63, 3.8) is 0 Å². The van der Waals surface area contributed by atoms with Crippen molar-refractivity contribution >= 4 is 39.1 Å². The molecule has 0 spiro atoms. The number of hydrogen-bond acceptors (Lipinski definition) is 3. The van der Waals surface area contributed by atoms with Gasteiger partial charge in [-0.1, -0.05) is 61.3 Å². The third-order valence-corrected chi connectivity index (χ3v) is 9.98. The Kier molecular flexibility index (Phi) is 7.63. The van der Waals surface area contributed by atoms with Crippen LogP contribution in [0.5, 0.6) is 0 Å². The summed E-state index contributed by atoms with van der Waals surface area (Å²) in [4.78, 5) is 15.6. The number of piperidine rings is 1. The van der Waals surface area contributed by atoms with E-state index < -0.39 is 10.0 Å². The maximum absolute atomic E-state index is 13.7. The monoisotopic (exact) mass is 522 g/mol. The first-order valence-corrected chi connectivity index (χ1v) is 14.2. The number of carbonyl (C=O) groups is 1. The fourth-order valence-corrected chi connectivity index (χ4v) is 7.09. The molecule has 1 amide bonds. The molecule has 8 heteroatoms. The molecule has 4 rings (SSSR count). The van der Waals surface area contributed by atoms with Crippen LogP contribution in [0.25, 0.3) is 0 Å². The van der Waals surface area contributed by atoms with E-state index in [1.807, 2.05) is 61.2 Å². The Morgan fingerprint density at radius 3 is 2.32 bits per heavy atom. The lowest BCUT2D eigenvalue weighted by molar-refractivity contribution is -0.146. The van der Waals surface area contributed by atoms with Crippen molar-refractivity contribution < 1.29 is 13.2 Å². The summed E-state index contributed by atoms with van der Waals surface area (Å²) in [6.07, 6.45) is 2.77. The summed E-state index contributed by atoms with van der Waals surface area (Å²) < 4.78 is 27.2. The summed E-state index contributed by atoms with van der Waals surface area (Å²) in [6.45, 7) is 4.25. The summed E-state index contributed by atoms with van der Waals surface area (Å²) in [5.41, 5.74) is 2.06. The van der Waals surface area contributed by atoms with E-state index in [1.165, 1.54) is 4.31 Å². The summed E-state index contributed by atoms with van der Waals surface area (Å²) in [5, 5.41) is 1.01. The summed E-state index contributed by atoms with van der Waals surface area (Å²) >= 11 is 12.5. The van der Waals surface area contributed by atoms with Gasteiger partial charge in [-0.3, -0.25) is 4.79 Å². The van der Waals surface area contributed by atoms with Crippen LogP contribution >= 0.6 is 23.2 Å². The topological polar surface area (TPSA) is 57.7 Å². The zero-order valence-electron chi connectivity index (χ0n) is 19.8. The van der Waals surface area contributed by atoms with Crippen molar-refractivity contribution in [3.8, 4) is 0 Å². The van der Waals surface area contributed by atoms with Gasteiger partial charge in [-0.05, 0) is 61.1 Å². The van der Waals surface area contributed by atoms with E-state index in [4.69, 9.17) is 23.2 Å². The van der Waals surface area contributed by atoms with Crippen molar-refractivity contribution in [1.82, 2.24) is 9.21 Å². The highest BCUT2D eigenvalue weighted by Crippen LogP contribution is 2.47. The van der Waals surface area contributed by atoms with E-state index in [9.17, 15) is 13.2 Å². The Labute approximate surface area is 213 Å². The maximum atomic E-state index is 13.7. The average molecular weight is 524 g/mol. The quantitative estimate of drug-likeness (QED) is 0.434. The van der Waals surface area contributed by atoms with Gasteiger partial charge in [0.1, 0.15) is 0 Å². The largest absolute Gasteiger partial charge is 0.331 e. The normalized spacial score (nSPS) is 24.5. The zero-order chi connectivity index (χ0) is 24.6. The molecule has 4 atom stereocenters. The molecule has 1 saturated carbocycles. The van der Waals surface area contributed by atoms with Crippen molar-refractivity contribution in [2.75, 3.05) is 13.6 Å². The average Bonchev–Trinajstić information content (AvgIpc) is 3.66. The van der Waals surface area contributed by atoms with E-state index in [0.717, 1.165) is 11.1 Å². The van der Waals surface area contributed by atoms with Crippen molar-refractivity contribution in [3.05, 3.63) is 69.7 Å². The number of hydrogen-bond donors (Lipinski definition) is 0. The van der Waals surface area contributed by atoms with Crippen LogP contribution in [0.3, 0.4) is 0 Å². The Balaban J connectivity index is 1.77. The summed E-state index contributed by atoms with van der Waals surface area (Å²) in [7, 11) is -1.70. The number of nitrogens with zero attached hydrogens (tertiary/aromatic N) is 2. The highest BCUT2D eigenvalue weighted by atomic mass is 35.5. The van der Waals surface area contributed by atoms with Crippen LogP contribution in [-0.2, 0) is 14.8 Å². The Bertz CT molecular complexity index is 1130. The van der Waals surface area contributed by atoms with E-state index in [-0.39, 0.29) is 41.6 Å². The smallest absolute Gasteiger partial charge is 0.226 e. The van der Waals surface area contributed by atoms with E-state index in [2.05, 4.69) is 6.07 Å². The molecule has 0 aromatic heterocycles. The predicted molar refractivity (Wildman–Crippen MR) is 138 cm³/mol. The molecule has 1 aliphatic carbocycles. The second kappa shape index (κ2) is 10.2. The van der Waals surface area contributed by atoms with E-state index in [1.54, 1.807) is 7.05 Å². The molecule has 1 saturated heterocycles. The highest BCUT2D eigenvalue weighted by Gasteiger charge is 2.45. The van der Waals surface area contributed by atoms with E-state index >= 15 is 0 Å². The number of carbonyl (C=O) groups excluding carboxylic acids is 1. The molecule has 0 radical (unpaired) electrons. The van der Waals surface area contributed by atoms with Gasteiger partial charge in [0.2, 0.25) is 15.9 Å². The van der Waals surface area contributed by atoms with Gasteiger partial charge in [-0.15, -0.1) is 0 Å². The third kappa shape index (κ3) is 5.15. The molecule has 2 aromatic rings. The lowest BCUT2D eigenvalue weighted by Gasteiger charge is -2.48. The molecule has 5 nitrogen and oxygen atoms in total. The fraction of sp³-hybridized carbons (Fsp3) is 0.500. The minimum absolute atomic E-state index is 0.0203.